The van der Waals surface area contributed by atoms with Gasteiger partial charge in [0.25, 0.3) is 0 Å². The Morgan fingerprint density at radius 1 is 1.14 bits per heavy atom. The van der Waals surface area contributed by atoms with E-state index in [9.17, 15) is 18.3 Å². The summed E-state index contributed by atoms with van der Waals surface area (Å²) in [5.41, 5.74) is 2.10. The minimum Gasteiger partial charge on any atom is -0.489 e. The van der Waals surface area contributed by atoms with Crippen molar-refractivity contribution in [3.05, 3.63) is 58.5 Å². The van der Waals surface area contributed by atoms with Crippen molar-refractivity contribution >= 4 is 21.1 Å². The molecule has 1 atom stereocenters. The molecule has 9 nitrogen and oxygen atoms in total. The number of unbranched alkanes of at least 4 members (excludes halogenated alkanes) is 1. The number of sulfonamides is 1. The molecule has 1 aromatic heterocycles. The fourth-order valence-electron chi connectivity index (χ4n) is 4.56. The number of ether oxygens (including phenoxy) is 1. The number of para-hydroxylation sites is 1. The van der Waals surface area contributed by atoms with E-state index in [1.807, 2.05) is 12.1 Å². The van der Waals surface area contributed by atoms with Gasteiger partial charge < -0.3 is 25.1 Å². The van der Waals surface area contributed by atoms with Crippen molar-refractivity contribution in [3.63, 3.8) is 0 Å². The molecule has 0 unspecified atom stereocenters. The van der Waals surface area contributed by atoms with Crippen LogP contribution in [0.2, 0.25) is 0 Å². The van der Waals surface area contributed by atoms with Crippen molar-refractivity contribution in [1.29, 1.82) is 0 Å². The molecule has 0 aliphatic carbocycles. The fourth-order valence-corrected chi connectivity index (χ4v) is 6.03. The van der Waals surface area contributed by atoms with E-state index < -0.39 is 16.1 Å². The zero-order valence-electron chi connectivity index (χ0n) is 20.7. The summed E-state index contributed by atoms with van der Waals surface area (Å²) in [5.74, 6) is 0.855. The van der Waals surface area contributed by atoms with E-state index in [4.69, 9.17) is 4.74 Å². The Balaban J connectivity index is 1.18. The zero-order valence-corrected chi connectivity index (χ0v) is 21.5. The van der Waals surface area contributed by atoms with Gasteiger partial charge in [-0.2, -0.15) is 4.31 Å². The molecule has 1 fully saturated rings. The monoisotopic (exact) mass is 516 g/mol. The molecular weight excluding hydrogens is 480 g/mol. The molecule has 4 N–H and O–H groups in total. The summed E-state index contributed by atoms with van der Waals surface area (Å²) in [7, 11) is -3.47. The molecule has 0 radical (unpaired) electrons. The van der Waals surface area contributed by atoms with Gasteiger partial charge >= 0.3 is 5.69 Å². The normalized spacial score (nSPS) is 16.4. The third kappa shape index (κ3) is 6.56. The first-order valence-electron chi connectivity index (χ1n) is 12.7. The van der Waals surface area contributed by atoms with Crippen LogP contribution >= 0.6 is 0 Å². The third-order valence-corrected chi connectivity index (χ3v) is 8.62. The molecule has 36 heavy (non-hydrogen) atoms. The average Bonchev–Trinajstić information content (AvgIpc) is 3.27. The Labute approximate surface area is 211 Å². The van der Waals surface area contributed by atoms with Gasteiger partial charge in [0.15, 0.2) is 0 Å². The highest BCUT2D eigenvalue weighted by molar-refractivity contribution is 7.89. The van der Waals surface area contributed by atoms with Gasteiger partial charge in [-0.25, -0.2) is 13.2 Å². The average molecular weight is 517 g/mol. The molecule has 2 heterocycles. The molecular formula is C26H36N4O5S. The van der Waals surface area contributed by atoms with Gasteiger partial charge in [0.05, 0.1) is 10.4 Å². The van der Waals surface area contributed by atoms with Crippen molar-refractivity contribution < 1.29 is 18.3 Å². The van der Waals surface area contributed by atoms with Crippen LogP contribution in [0.4, 0.5) is 0 Å². The summed E-state index contributed by atoms with van der Waals surface area (Å²) in [4.78, 5) is 17.2. The predicted octanol–water partition coefficient (Wildman–Crippen LogP) is 2.63. The second-order valence-electron chi connectivity index (χ2n) is 9.48. The maximum Gasteiger partial charge on any atom is 0.323 e. The predicted molar refractivity (Wildman–Crippen MR) is 140 cm³/mol. The number of nitrogens with one attached hydrogen (secondary N) is 3. The molecule has 1 aliphatic rings. The van der Waals surface area contributed by atoms with Crippen LogP contribution in [0, 0.1) is 5.92 Å². The lowest BCUT2D eigenvalue weighted by Crippen LogP contribution is -2.42. The van der Waals surface area contributed by atoms with Crippen LogP contribution in [0.25, 0.3) is 11.0 Å². The second-order valence-corrected chi connectivity index (χ2v) is 11.4. The number of benzene rings is 2. The van der Waals surface area contributed by atoms with E-state index in [-0.39, 0.29) is 12.3 Å². The fraction of sp³-hybridized carbons (Fsp3) is 0.500. The number of hydrogen-bond donors (Lipinski definition) is 4. The number of H-pyrrole nitrogens is 2. The first kappa shape index (κ1) is 26.4. The van der Waals surface area contributed by atoms with Gasteiger partial charge in [-0.05, 0) is 68.0 Å². The van der Waals surface area contributed by atoms with E-state index in [1.165, 1.54) is 5.56 Å². The van der Waals surface area contributed by atoms with Gasteiger partial charge in [0, 0.05) is 19.6 Å². The number of fused-ring (bicyclic) bond motifs is 1. The number of piperidine rings is 1. The number of aliphatic hydroxyl groups excluding tert-OH is 1. The topological polar surface area (TPSA) is 128 Å². The Morgan fingerprint density at radius 3 is 2.61 bits per heavy atom. The molecule has 10 heteroatoms. The van der Waals surface area contributed by atoms with E-state index in [2.05, 4.69) is 22.2 Å². The highest BCUT2D eigenvalue weighted by Gasteiger charge is 2.29. The summed E-state index contributed by atoms with van der Waals surface area (Å²) in [5, 5.41) is 13.6. The van der Waals surface area contributed by atoms with Crippen LogP contribution in [0.1, 0.15) is 38.2 Å². The van der Waals surface area contributed by atoms with Gasteiger partial charge in [0.1, 0.15) is 24.0 Å². The lowest BCUT2D eigenvalue weighted by molar-refractivity contribution is 0.105. The number of hydrogen-bond acceptors (Lipinski definition) is 6. The van der Waals surface area contributed by atoms with E-state index >= 15 is 0 Å². The van der Waals surface area contributed by atoms with Crippen molar-refractivity contribution in [1.82, 2.24) is 19.6 Å². The van der Waals surface area contributed by atoms with E-state index in [0.717, 1.165) is 32.1 Å². The number of imidazole rings is 1. The molecule has 0 spiro atoms. The lowest BCUT2D eigenvalue weighted by atomic mass is 9.98. The smallest absolute Gasteiger partial charge is 0.323 e. The van der Waals surface area contributed by atoms with Crippen LogP contribution in [0.5, 0.6) is 5.75 Å². The number of rotatable bonds is 12. The van der Waals surface area contributed by atoms with E-state index in [0.29, 0.717) is 53.8 Å². The molecule has 1 saturated heterocycles. The summed E-state index contributed by atoms with van der Waals surface area (Å²) >= 11 is 0. The number of aromatic amines is 2. The van der Waals surface area contributed by atoms with Crippen LogP contribution in [0.15, 0.2) is 52.2 Å². The molecule has 4 rings (SSSR count). The molecule has 196 valence electrons. The van der Waals surface area contributed by atoms with Crippen LogP contribution in [-0.4, -0.2) is 66.7 Å². The first-order valence-corrected chi connectivity index (χ1v) is 14.1. The Bertz CT molecular complexity index is 1280. The Morgan fingerprint density at radius 2 is 1.89 bits per heavy atom. The number of aromatic nitrogens is 2. The maximum atomic E-state index is 13.0. The van der Waals surface area contributed by atoms with Gasteiger partial charge in [-0.15, -0.1) is 0 Å². The van der Waals surface area contributed by atoms with Crippen molar-refractivity contribution in [2.24, 2.45) is 5.92 Å². The largest absolute Gasteiger partial charge is 0.489 e. The molecule has 0 amide bonds. The highest BCUT2D eigenvalue weighted by atomic mass is 32.2. The van der Waals surface area contributed by atoms with Crippen LogP contribution in [0.3, 0.4) is 0 Å². The second kappa shape index (κ2) is 12.1. The molecule has 0 bridgehead atoms. The maximum absolute atomic E-state index is 13.0. The van der Waals surface area contributed by atoms with Gasteiger partial charge in [-0.1, -0.05) is 31.5 Å². The van der Waals surface area contributed by atoms with Crippen molar-refractivity contribution in [3.8, 4) is 5.75 Å². The SMILES string of the molecule is CCCCc1ccc(S(=O)(=O)N2CCC(CNC[C@H](O)COc3cccc4[nH]c(=O)[nH]c34)CC2)cc1. The van der Waals surface area contributed by atoms with Crippen LogP contribution < -0.4 is 15.7 Å². The minimum atomic E-state index is -3.47. The number of nitrogens with zero attached hydrogens (tertiary/aromatic N) is 1. The quantitative estimate of drug-likeness (QED) is 0.293. The molecule has 3 aromatic rings. The summed E-state index contributed by atoms with van der Waals surface area (Å²) in [6.07, 6.45) is 4.02. The summed E-state index contributed by atoms with van der Waals surface area (Å²) in [6, 6.07) is 12.6. The summed E-state index contributed by atoms with van der Waals surface area (Å²) < 4.78 is 33.4. The van der Waals surface area contributed by atoms with Crippen molar-refractivity contribution in [2.75, 3.05) is 32.8 Å². The third-order valence-electron chi connectivity index (χ3n) is 6.71. The number of aryl methyl sites for hydroxylation is 1. The van der Waals surface area contributed by atoms with E-state index in [1.54, 1.807) is 34.6 Å². The standard InChI is InChI=1S/C26H36N4O5S/c1-2-3-5-19-8-10-22(11-9-19)36(33,34)30-14-12-20(13-15-30)16-27-17-21(31)18-35-24-7-4-6-23-25(24)29-26(32)28-23/h4,6-11,20-21,27,31H,2-3,5,12-18H2,1H3,(H2,28,29,32)/t21-/m0/s1. The van der Waals surface area contributed by atoms with Crippen LogP contribution in [-0.2, 0) is 16.4 Å². The Hall–Kier alpha value is -2.66. The van der Waals surface area contributed by atoms with Gasteiger partial charge in [0.2, 0.25) is 10.0 Å². The molecule has 1 aliphatic heterocycles. The first-order chi connectivity index (χ1) is 17.4. The van der Waals surface area contributed by atoms with Crippen molar-refractivity contribution in [2.45, 2.75) is 50.0 Å². The molecule has 2 aromatic carbocycles. The van der Waals surface area contributed by atoms with Gasteiger partial charge in [-0.3, -0.25) is 0 Å². The number of aliphatic hydroxyl groups is 1. The zero-order chi connectivity index (χ0) is 25.5. The molecule has 0 saturated carbocycles. The minimum absolute atomic E-state index is 0.0905. The Kier molecular flexibility index (Phi) is 8.84. The highest BCUT2D eigenvalue weighted by Crippen LogP contribution is 2.24. The lowest BCUT2D eigenvalue weighted by Gasteiger charge is -2.31. The summed E-state index contributed by atoms with van der Waals surface area (Å²) in [6.45, 7) is 4.30.